The number of aromatic amines is 1. The number of hydrogen-bond donors (Lipinski definition) is 2. The lowest BCUT2D eigenvalue weighted by atomic mass is 10.1. The second kappa shape index (κ2) is 8.51. The number of fused-ring (bicyclic) bond motifs is 1. The molecule has 34 heavy (non-hydrogen) atoms. The van der Waals surface area contributed by atoms with Gasteiger partial charge in [0.1, 0.15) is 11.5 Å². The topological polar surface area (TPSA) is 75.7 Å². The van der Waals surface area contributed by atoms with Crippen molar-refractivity contribution in [3.05, 3.63) is 90.1 Å². The summed E-state index contributed by atoms with van der Waals surface area (Å²) in [5.74, 6) is 1.86. The molecule has 0 saturated carbocycles. The number of alkyl halides is 3. The van der Waals surface area contributed by atoms with Crippen molar-refractivity contribution in [3.8, 4) is 22.9 Å². The van der Waals surface area contributed by atoms with Crippen molar-refractivity contribution in [3.63, 3.8) is 0 Å². The summed E-state index contributed by atoms with van der Waals surface area (Å²) in [6.45, 7) is 2.01. The highest BCUT2D eigenvalue weighted by atomic mass is 19.4. The van der Waals surface area contributed by atoms with Crippen molar-refractivity contribution in [2.45, 2.75) is 13.1 Å². The van der Waals surface area contributed by atoms with E-state index in [1.807, 2.05) is 43.3 Å². The van der Waals surface area contributed by atoms with E-state index in [0.29, 0.717) is 22.9 Å². The van der Waals surface area contributed by atoms with Gasteiger partial charge in [0.15, 0.2) is 5.82 Å². The summed E-state index contributed by atoms with van der Waals surface area (Å²) >= 11 is 0. The van der Waals surface area contributed by atoms with Crippen LogP contribution in [0.1, 0.15) is 11.1 Å². The molecule has 3 aromatic carbocycles. The van der Waals surface area contributed by atoms with Gasteiger partial charge in [0.2, 0.25) is 5.95 Å². The van der Waals surface area contributed by atoms with Crippen LogP contribution >= 0.6 is 0 Å². The Bertz CT molecular complexity index is 1480. The van der Waals surface area contributed by atoms with Gasteiger partial charge in [-0.3, -0.25) is 10.1 Å². The predicted octanol–water partition coefficient (Wildman–Crippen LogP) is 6.88. The summed E-state index contributed by atoms with van der Waals surface area (Å²) in [5.41, 5.74) is 2.12. The molecule has 0 bridgehead atoms. The number of halogens is 3. The van der Waals surface area contributed by atoms with Crippen molar-refractivity contribution in [2.75, 3.05) is 5.32 Å². The quantitative estimate of drug-likeness (QED) is 0.298. The van der Waals surface area contributed by atoms with Crippen LogP contribution in [0.25, 0.3) is 22.3 Å². The second-order valence-electron chi connectivity index (χ2n) is 7.67. The minimum atomic E-state index is -4.43. The number of rotatable bonds is 5. The van der Waals surface area contributed by atoms with Crippen LogP contribution in [0.2, 0.25) is 0 Å². The van der Waals surface area contributed by atoms with Gasteiger partial charge in [-0.1, -0.05) is 29.8 Å². The lowest BCUT2D eigenvalue weighted by Crippen LogP contribution is -2.05. The van der Waals surface area contributed by atoms with Gasteiger partial charge in [-0.2, -0.15) is 18.2 Å². The molecule has 0 spiro atoms. The van der Waals surface area contributed by atoms with E-state index in [2.05, 4.69) is 25.5 Å². The summed E-state index contributed by atoms with van der Waals surface area (Å²) in [4.78, 5) is 8.73. The van der Waals surface area contributed by atoms with Crippen LogP contribution in [-0.2, 0) is 6.18 Å². The molecule has 0 fully saturated rings. The highest BCUT2D eigenvalue weighted by Crippen LogP contribution is 2.33. The fourth-order valence-corrected chi connectivity index (χ4v) is 3.51. The van der Waals surface area contributed by atoms with Crippen LogP contribution in [0.15, 0.2) is 79.0 Å². The van der Waals surface area contributed by atoms with E-state index in [1.165, 1.54) is 12.1 Å². The van der Waals surface area contributed by atoms with Crippen LogP contribution < -0.4 is 10.1 Å². The molecule has 0 aliphatic rings. The maximum absolute atomic E-state index is 13.0. The molecule has 170 valence electrons. The Morgan fingerprint density at radius 1 is 0.941 bits per heavy atom. The van der Waals surface area contributed by atoms with Crippen LogP contribution in [0.3, 0.4) is 0 Å². The Balaban J connectivity index is 1.38. The number of anilines is 2. The number of benzene rings is 3. The summed E-state index contributed by atoms with van der Waals surface area (Å²) < 4.78 is 45.0. The van der Waals surface area contributed by atoms with Crippen LogP contribution in [0.5, 0.6) is 11.5 Å². The van der Waals surface area contributed by atoms with E-state index in [0.717, 1.165) is 28.6 Å². The largest absolute Gasteiger partial charge is 0.457 e. The van der Waals surface area contributed by atoms with Crippen LogP contribution in [0.4, 0.5) is 24.8 Å². The molecule has 2 aromatic heterocycles. The normalized spacial score (nSPS) is 11.5. The van der Waals surface area contributed by atoms with Gasteiger partial charge in [0.25, 0.3) is 0 Å². The third kappa shape index (κ3) is 4.54. The summed E-state index contributed by atoms with van der Waals surface area (Å²) in [7, 11) is 0. The van der Waals surface area contributed by atoms with Gasteiger partial charge in [0, 0.05) is 22.8 Å². The molecular formula is C25H18F3N5O. The molecule has 0 atom stereocenters. The molecule has 2 N–H and O–H groups in total. The van der Waals surface area contributed by atoms with Crippen molar-refractivity contribution in [1.29, 1.82) is 0 Å². The first kappa shape index (κ1) is 21.4. The van der Waals surface area contributed by atoms with Crippen LogP contribution in [-0.4, -0.2) is 20.2 Å². The molecule has 0 amide bonds. The smallest absolute Gasteiger partial charge is 0.416 e. The number of nitrogens with zero attached hydrogens (tertiary/aromatic N) is 3. The Morgan fingerprint density at radius 2 is 1.79 bits per heavy atom. The lowest BCUT2D eigenvalue weighted by molar-refractivity contribution is -0.137. The minimum Gasteiger partial charge on any atom is -0.457 e. The summed E-state index contributed by atoms with van der Waals surface area (Å²) in [6.07, 6.45) is -2.74. The van der Waals surface area contributed by atoms with Gasteiger partial charge in [-0.25, -0.2) is 0 Å². The van der Waals surface area contributed by atoms with Gasteiger partial charge < -0.3 is 10.1 Å². The molecule has 0 radical (unpaired) electrons. The fraction of sp³-hybridized carbons (Fsp3) is 0.0800. The zero-order valence-electron chi connectivity index (χ0n) is 17.9. The lowest BCUT2D eigenvalue weighted by Gasteiger charge is -2.10. The predicted molar refractivity (Wildman–Crippen MR) is 123 cm³/mol. The molecule has 9 heteroatoms. The minimum absolute atomic E-state index is 0.149. The monoisotopic (exact) mass is 461 g/mol. The Hall–Kier alpha value is -4.40. The molecule has 5 aromatic rings. The Labute approximate surface area is 192 Å². The average molecular weight is 461 g/mol. The number of pyridine rings is 1. The Kier molecular flexibility index (Phi) is 5.37. The number of nitrogens with one attached hydrogen (secondary N) is 2. The molecule has 0 aliphatic carbocycles. The SMILES string of the molecule is Cc1ccc2nccc(Oc3cccc(-c4nc(Nc5cccc(C(F)(F)F)c5)n[nH]4)c3)c2c1. The van der Waals surface area contributed by atoms with Crippen LogP contribution in [0, 0.1) is 6.92 Å². The zero-order chi connectivity index (χ0) is 23.7. The highest BCUT2D eigenvalue weighted by Gasteiger charge is 2.30. The van der Waals surface area contributed by atoms with E-state index in [4.69, 9.17) is 4.74 Å². The zero-order valence-corrected chi connectivity index (χ0v) is 17.9. The second-order valence-corrected chi connectivity index (χ2v) is 7.67. The number of hydrogen-bond acceptors (Lipinski definition) is 5. The van der Waals surface area contributed by atoms with E-state index >= 15 is 0 Å². The maximum atomic E-state index is 13.0. The van der Waals surface area contributed by atoms with E-state index in [9.17, 15) is 13.2 Å². The molecule has 0 saturated heterocycles. The molecule has 0 unspecified atom stereocenters. The van der Waals surface area contributed by atoms with E-state index in [-0.39, 0.29) is 11.6 Å². The van der Waals surface area contributed by atoms with E-state index in [1.54, 1.807) is 18.3 Å². The number of H-pyrrole nitrogens is 1. The molecule has 6 nitrogen and oxygen atoms in total. The third-order valence-corrected chi connectivity index (χ3v) is 5.12. The van der Waals surface area contributed by atoms with Gasteiger partial charge >= 0.3 is 6.18 Å². The van der Waals surface area contributed by atoms with Gasteiger partial charge in [0.05, 0.1) is 11.1 Å². The summed E-state index contributed by atoms with van der Waals surface area (Å²) in [6, 6.07) is 19.9. The highest BCUT2D eigenvalue weighted by molar-refractivity contribution is 5.85. The standard InChI is InChI=1S/C25H18F3N5O/c1-15-8-9-21-20(12-15)22(10-11-29-21)34-19-7-2-4-16(13-19)23-31-24(33-32-23)30-18-6-3-5-17(14-18)25(26,27)28/h2-14H,1H3,(H2,30,31,32,33). The van der Waals surface area contributed by atoms with Crippen molar-refractivity contribution < 1.29 is 17.9 Å². The molecule has 5 rings (SSSR count). The number of ether oxygens (including phenoxy) is 1. The van der Waals surface area contributed by atoms with Gasteiger partial charge in [-0.05, 0) is 55.5 Å². The molecule has 2 heterocycles. The molecular weight excluding hydrogens is 443 g/mol. The van der Waals surface area contributed by atoms with Gasteiger partial charge in [-0.15, -0.1) is 5.10 Å². The summed E-state index contributed by atoms with van der Waals surface area (Å²) in [5, 5.41) is 10.6. The first-order valence-corrected chi connectivity index (χ1v) is 10.4. The number of aryl methyl sites for hydroxylation is 1. The first-order chi connectivity index (χ1) is 16.3. The number of aromatic nitrogens is 4. The molecule has 0 aliphatic heterocycles. The average Bonchev–Trinajstić information content (AvgIpc) is 3.28. The van der Waals surface area contributed by atoms with Crippen molar-refractivity contribution in [2.24, 2.45) is 0 Å². The fourth-order valence-electron chi connectivity index (χ4n) is 3.51. The first-order valence-electron chi connectivity index (χ1n) is 10.4. The van der Waals surface area contributed by atoms with Crippen molar-refractivity contribution in [1.82, 2.24) is 20.2 Å². The van der Waals surface area contributed by atoms with E-state index < -0.39 is 11.7 Å². The maximum Gasteiger partial charge on any atom is 0.416 e. The third-order valence-electron chi connectivity index (χ3n) is 5.12. The van der Waals surface area contributed by atoms with Crippen molar-refractivity contribution >= 4 is 22.5 Å². The Morgan fingerprint density at radius 3 is 2.65 bits per heavy atom.